The summed E-state index contributed by atoms with van der Waals surface area (Å²) >= 11 is 0. The van der Waals surface area contributed by atoms with Crippen molar-refractivity contribution in [2.75, 3.05) is 25.1 Å². The van der Waals surface area contributed by atoms with Gasteiger partial charge in [0.1, 0.15) is 5.75 Å². The summed E-state index contributed by atoms with van der Waals surface area (Å²) in [6.45, 7) is 5.07. The van der Waals surface area contributed by atoms with E-state index in [9.17, 15) is 0 Å². The molecule has 0 unspecified atom stereocenters. The number of nitrogens with zero attached hydrogens (tertiary/aromatic N) is 1. The number of methoxy groups -OCH3 is 1. The molecule has 1 aliphatic rings. The minimum Gasteiger partial charge on any atom is -0.495 e. The molecule has 0 saturated carbocycles. The molecule has 0 aromatic heterocycles. The average molecular weight is 206 g/mol. The monoisotopic (exact) mass is 206 g/mol. The summed E-state index contributed by atoms with van der Waals surface area (Å²) in [7, 11) is 1.71. The van der Waals surface area contributed by atoms with Crippen LogP contribution < -0.4 is 15.4 Å². The molecule has 3 heteroatoms. The Kier molecular flexibility index (Phi) is 2.82. The number of anilines is 1. The first-order chi connectivity index (χ1) is 7.24. The number of hydrogen-bond donors (Lipinski definition) is 1. The Balaban J connectivity index is 2.23. The molecule has 1 saturated heterocycles. The van der Waals surface area contributed by atoms with Gasteiger partial charge in [-0.25, -0.2) is 0 Å². The molecule has 0 spiro atoms. The summed E-state index contributed by atoms with van der Waals surface area (Å²) in [6.07, 6.45) is 0. The van der Waals surface area contributed by atoms with Crippen LogP contribution >= 0.6 is 0 Å². The van der Waals surface area contributed by atoms with Gasteiger partial charge < -0.3 is 15.4 Å². The Morgan fingerprint density at radius 2 is 2.20 bits per heavy atom. The summed E-state index contributed by atoms with van der Waals surface area (Å²) in [5, 5.41) is 0. The molecule has 1 heterocycles. The third-order valence-corrected chi connectivity index (χ3v) is 2.88. The molecule has 1 aromatic carbocycles. The maximum Gasteiger partial charge on any atom is 0.142 e. The third-order valence-electron chi connectivity index (χ3n) is 2.88. The zero-order valence-electron chi connectivity index (χ0n) is 9.36. The molecule has 1 aliphatic heterocycles. The lowest BCUT2D eigenvalue weighted by Crippen LogP contribution is -2.45. The Bertz CT molecular complexity index is 345. The van der Waals surface area contributed by atoms with Crippen molar-refractivity contribution in [2.45, 2.75) is 13.5 Å². The summed E-state index contributed by atoms with van der Waals surface area (Å²) in [5.74, 6) is 1.73. The van der Waals surface area contributed by atoms with Crippen LogP contribution in [0.25, 0.3) is 0 Å². The first kappa shape index (κ1) is 10.3. The van der Waals surface area contributed by atoms with Crippen LogP contribution in [-0.2, 0) is 6.54 Å². The molecular weight excluding hydrogens is 188 g/mol. The maximum atomic E-state index is 5.60. The van der Waals surface area contributed by atoms with E-state index >= 15 is 0 Å². The average Bonchev–Trinajstić information content (AvgIpc) is 2.24. The molecule has 0 bridgehead atoms. The van der Waals surface area contributed by atoms with Gasteiger partial charge in [0, 0.05) is 19.6 Å². The van der Waals surface area contributed by atoms with Crippen LogP contribution in [0, 0.1) is 5.92 Å². The standard InChI is InChI=1S/C12H18N2O/c1-9-7-14(8-9)11-4-3-10(6-13)5-12(11)15-2/h3-5,9H,6-8,13H2,1-2H3. The van der Waals surface area contributed by atoms with Crippen molar-refractivity contribution >= 4 is 5.69 Å². The van der Waals surface area contributed by atoms with E-state index in [4.69, 9.17) is 10.5 Å². The predicted octanol–water partition coefficient (Wildman–Crippen LogP) is 1.61. The third kappa shape index (κ3) is 1.92. The van der Waals surface area contributed by atoms with Crippen LogP contribution in [0.4, 0.5) is 5.69 Å². The van der Waals surface area contributed by atoms with E-state index < -0.39 is 0 Å². The first-order valence-corrected chi connectivity index (χ1v) is 5.36. The van der Waals surface area contributed by atoms with Gasteiger partial charge in [0.05, 0.1) is 12.8 Å². The fourth-order valence-electron chi connectivity index (χ4n) is 2.01. The SMILES string of the molecule is COc1cc(CN)ccc1N1CC(C)C1. The molecule has 82 valence electrons. The van der Waals surface area contributed by atoms with Crippen LogP contribution in [0.3, 0.4) is 0 Å². The molecule has 0 atom stereocenters. The van der Waals surface area contributed by atoms with Crippen molar-refractivity contribution in [3.63, 3.8) is 0 Å². The van der Waals surface area contributed by atoms with Gasteiger partial charge in [0.2, 0.25) is 0 Å². The van der Waals surface area contributed by atoms with Crippen molar-refractivity contribution in [2.24, 2.45) is 11.7 Å². The van der Waals surface area contributed by atoms with Gasteiger partial charge in [0.25, 0.3) is 0 Å². The largest absolute Gasteiger partial charge is 0.495 e. The molecule has 1 aromatic rings. The Morgan fingerprint density at radius 3 is 2.73 bits per heavy atom. The number of ether oxygens (including phenoxy) is 1. The predicted molar refractivity (Wildman–Crippen MR) is 62.3 cm³/mol. The maximum absolute atomic E-state index is 5.60. The smallest absolute Gasteiger partial charge is 0.142 e. The summed E-state index contributed by atoms with van der Waals surface area (Å²) in [6, 6.07) is 6.20. The highest BCUT2D eigenvalue weighted by Gasteiger charge is 2.24. The van der Waals surface area contributed by atoms with Crippen LogP contribution in [0.1, 0.15) is 12.5 Å². The van der Waals surface area contributed by atoms with Crippen molar-refractivity contribution in [3.8, 4) is 5.75 Å². The van der Waals surface area contributed by atoms with E-state index in [1.54, 1.807) is 7.11 Å². The Hall–Kier alpha value is -1.22. The van der Waals surface area contributed by atoms with Gasteiger partial charge >= 0.3 is 0 Å². The van der Waals surface area contributed by atoms with E-state index in [-0.39, 0.29) is 0 Å². The molecule has 0 aliphatic carbocycles. The molecule has 0 amide bonds. The molecule has 1 fully saturated rings. The molecule has 15 heavy (non-hydrogen) atoms. The second-order valence-electron chi connectivity index (χ2n) is 4.22. The van der Waals surface area contributed by atoms with E-state index in [1.165, 1.54) is 5.69 Å². The normalized spacial score (nSPS) is 16.3. The fraction of sp³-hybridized carbons (Fsp3) is 0.500. The number of benzene rings is 1. The fourth-order valence-corrected chi connectivity index (χ4v) is 2.01. The summed E-state index contributed by atoms with van der Waals surface area (Å²) in [5.41, 5.74) is 7.90. The number of hydrogen-bond acceptors (Lipinski definition) is 3. The molecular formula is C12H18N2O. The second kappa shape index (κ2) is 4.11. The van der Waals surface area contributed by atoms with Crippen LogP contribution in [-0.4, -0.2) is 20.2 Å². The van der Waals surface area contributed by atoms with Gasteiger partial charge in [-0.2, -0.15) is 0 Å². The Labute approximate surface area is 90.8 Å². The topological polar surface area (TPSA) is 38.5 Å². The summed E-state index contributed by atoms with van der Waals surface area (Å²) in [4.78, 5) is 2.34. The van der Waals surface area contributed by atoms with E-state index in [1.807, 2.05) is 6.07 Å². The first-order valence-electron chi connectivity index (χ1n) is 5.36. The van der Waals surface area contributed by atoms with E-state index in [0.29, 0.717) is 6.54 Å². The van der Waals surface area contributed by atoms with Crippen molar-refractivity contribution in [1.29, 1.82) is 0 Å². The Morgan fingerprint density at radius 1 is 1.47 bits per heavy atom. The van der Waals surface area contributed by atoms with Crippen LogP contribution in [0.15, 0.2) is 18.2 Å². The molecule has 2 N–H and O–H groups in total. The lowest BCUT2D eigenvalue weighted by atomic mass is 10.0. The molecule has 0 radical (unpaired) electrons. The highest BCUT2D eigenvalue weighted by molar-refractivity contribution is 5.61. The number of nitrogens with two attached hydrogens (primary N) is 1. The molecule has 2 rings (SSSR count). The lowest BCUT2D eigenvalue weighted by molar-refractivity contribution is 0.399. The van der Waals surface area contributed by atoms with E-state index in [0.717, 1.165) is 30.3 Å². The van der Waals surface area contributed by atoms with Crippen molar-refractivity contribution in [1.82, 2.24) is 0 Å². The van der Waals surface area contributed by atoms with Crippen molar-refractivity contribution in [3.05, 3.63) is 23.8 Å². The lowest BCUT2D eigenvalue weighted by Gasteiger charge is -2.39. The van der Waals surface area contributed by atoms with Gasteiger partial charge in [0.15, 0.2) is 0 Å². The molecule has 3 nitrogen and oxygen atoms in total. The van der Waals surface area contributed by atoms with Gasteiger partial charge in [-0.1, -0.05) is 13.0 Å². The summed E-state index contributed by atoms with van der Waals surface area (Å²) < 4.78 is 5.38. The minimum absolute atomic E-state index is 0.563. The van der Waals surface area contributed by atoms with Crippen molar-refractivity contribution < 1.29 is 4.74 Å². The zero-order chi connectivity index (χ0) is 10.8. The highest BCUT2D eigenvalue weighted by Crippen LogP contribution is 2.33. The quantitative estimate of drug-likeness (QED) is 0.816. The second-order valence-corrected chi connectivity index (χ2v) is 4.22. The van der Waals surface area contributed by atoms with Gasteiger partial charge in [-0.05, 0) is 23.6 Å². The van der Waals surface area contributed by atoms with Gasteiger partial charge in [-0.3, -0.25) is 0 Å². The number of rotatable bonds is 3. The minimum atomic E-state index is 0.563. The van der Waals surface area contributed by atoms with Crippen LogP contribution in [0.5, 0.6) is 5.75 Å². The zero-order valence-corrected chi connectivity index (χ0v) is 9.36. The van der Waals surface area contributed by atoms with Crippen LogP contribution in [0.2, 0.25) is 0 Å². The van der Waals surface area contributed by atoms with Gasteiger partial charge in [-0.15, -0.1) is 0 Å². The highest BCUT2D eigenvalue weighted by atomic mass is 16.5. The van der Waals surface area contributed by atoms with E-state index in [2.05, 4.69) is 24.0 Å².